The van der Waals surface area contributed by atoms with Crippen molar-refractivity contribution in [1.29, 1.82) is 0 Å². The van der Waals surface area contributed by atoms with Crippen LogP contribution >= 0.6 is 12.4 Å². The minimum Gasteiger partial charge on any atom is -0.325 e. The lowest BCUT2D eigenvalue weighted by atomic mass is 10.0. The fourth-order valence-electron chi connectivity index (χ4n) is 1.72. The van der Waals surface area contributed by atoms with E-state index in [1.807, 2.05) is 13.8 Å². The van der Waals surface area contributed by atoms with E-state index in [-0.39, 0.29) is 24.1 Å². The maximum Gasteiger partial charge on any atom is 0.241 e. The van der Waals surface area contributed by atoms with Gasteiger partial charge in [0.15, 0.2) is 0 Å². The van der Waals surface area contributed by atoms with Gasteiger partial charge in [-0.05, 0) is 43.5 Å². The Kier molecular flexibility index (Phi) is 8.44. The van der Waals surface area contributed by atoms with Crippen molar-refractivity contribution in [3.63, 3.8) is 0 Å². The van der Waals surface area contributed by atoms with Crippen LogP contribution in [0.15, 0.2) is 24.3 Å². The number of benzene rings is 1. The molecular formula is C14H24ClN3O3S. The Balaban J connectivity index is 0.00000441. The topological polar surface area (TPSA) is 101 Å². The standard InChI is InChI=1S/C14H23N3O3S.ClH/c1-4-21(19,20)17-12-7-5-11(6-8-12)16-14(18)13(15)9-10(2)3;/h5-8,10,13,17H,4,9,15H2,1-3H3,(H,16,18);1H/t13-;/m0./s1. The van der Waals surface area contributed by atoms with Crippen molar-refractivity contribution < 1.29 is 13.2 Å². The van der Waals surface area contributed by atoms with Crippen molar-refractivity contribution >= 4 is 39.7 Å². The summed E-state index contributed by atoms with van der Waals surface area (Å²) >= 11 is 0. The molecule has 1 aromatic rings. The summed E-state index contributed by atoms with van der Waals surface area (Å²) in [6.45, 7) is 5.57. The van der Waals surface area contributed by atoms with Crippen molar-refractivity contribution in [2.24, 2.45) is 11.7 Å². The highest BCUT2D eigenvalue weighted by Crippen LogP contribution is 2.15. The van der Waals surface area contributed by atoms with Gasteiger partial charge in [-0.2, -0.15) is 0 Å². The highest BCUT2D eigenvalue weighted by atomic mass is 35.5. The monoisotopic (exact) mass is 349 g/mol. The Morgan fingerprint density at radius 1 is 1.18 bits per heavy atom. The first-order valence-electron chi connectivity index (χ1n) is 6.90. The molecule has 1 rings (SSSR count). The van der Waals surface area contributed by atoms with Crippen LogP contribution in [0.3, 0.4) is 0 Å². The lowest BCUT2D eigenvalue weighted by Gasteiger charge is -2.14. The Hall–Kier alpha value is -1.31. The van der Waals surface area contributed by atoms with Gasteiger partial charge >= 0.3 is 0 Å². The fourth-order valence-corrected chi connectivity index (χ4v) is 2.36. The zero-order valence-corrected chi connectivity index (χ0v) is 14.6. The lowest BCUT2D eigenvalue weighted by Crippen LogP contribution is -2.36. The summed E-state index contributed by atoms with van der Waals surface area (Å²) in [6.07, 6.45) is 0.611. The summed E-state index contributed by atoms with van der Waals surface area (Å²) in [7, 11) is -3.29. The van der Waals surface area contributed by atoms with Crippen molar-refractivity contribution in [2.75, 3.05) is 15.8 Å². The molecule has 0 fully saturated rings. The maximum absolute atomic E-state index is 11.9. The minimum atomic E-state index is -3.29. The number of rotatable bonds is 7. The van der Waals surface area contributed by atoms with E-state index in [9.17, 15) is 13.2 Å². The predicted octanol–water partition coefficient (Wildman–Crippen LogP) is 2.18. The molecule has 0 unspecified atom stereocenters. The summed E-state index contributed by atoms with van der Waals surface area (Å²) in [6, 6.07) is 5.90. The number of halogens is 1. The van der Waals surface area contributed by atoms with E-state index >= 15 is 0 Å². The molecule has 0 heterocycles. The third-order valence-electron chi connectivity index (χ3n) is 2.87. The summed E-state index contributed by atoms with van der Waals surface area (Å²) in [5.74, 6) is 0.109. The second kappa shape index (κ2) is 8.97. The Bertz CT molecular complexity index is 574. The number of hydrogen-bond donors (Lipinski definition) is 3. The number of carbonyl (C=O) groups is 1. The number of hydrogen-bond acceptors (Lipinski definition) is 4. The SMILES string of the molecule is CCS(=O)(=O)Nc1ccc(NC(=O)[C@@H](N)CC(C)C)cc1.Cl. The molecule has 1 atom stereocenters. The second-order valence-corrected chi connectivity index (χ2v) is 7.32. The smallest absolute Gasteiger partial charge is 0.241 e. The lowest BCUT2D eigenvalue weighted by molar-refractivity contribution is -0.117. The molecule has 0 aliphatic rings. The molecule has 0 aliphatic heterocycles. The van der Waals surface area contributed by atoms with Crippen LogP contribution in [0.2, 0.25) is 0 Å². The average molecular weight is 350 g/mol. The van der Waals surface area contributed by atoms with E-state index in [0.29, 0.717) is 23.7 Å². The van der Waals surface area contributed by atoms with Crippen LogP contribution in [0.4, 0.5) is 11.4 Å². The molecule has 0 radical (unpaired) electrons. The highest BCUT2D eigenvalue weighted by molar-refractivity contribution is 7.92. The summed E-state index contributed by atoms with van der Waals surface area (Å²) in [4.78, 5) is 11.9. The number of nitrogens with two attached hydrogens (primary N) is 1. The van der Waals surface area contributed by atoms with E-state index in [4.69, 9.17) is 5.73 Å². The zero-order valence-electron chi connectivity index (χ0n) is 13.0. The van der Waals surface area contributed by atoms with E-state index in [1.54, 1.807) is 31.2 Å². The van der Waals surface area contributed by atoms with E-state index < -0.39 is 16.1 Å². The molecule has 0 bridgehead atoms. The van der Waals surface area contributed by atoms with Crippen LogP contribution < -0.4 is 15.8 Å². The largest absolute Gasteiger partial charge is 0.325 e. The first-order valence-corrected chi connectivity index (χ1v) is 8.55. The molecule has 4 N–H and O–H groups in total. The Morgan fingerprint density at radius 2 is 1.68 bits per heavy atom. The van der Waals surface area contributed by atoms with Gasteiger partial charge in [0, 0.05) is 11.4 Å². The van der Waals surface area contributed by atoms with Crippen LogP contribution in [-0.2, 0) is 14.8 Å². The van der Waals surface area contributed by atoms with E-state index in [0.717, 1.165) is 0 Å². The van der Waals surface area contributed by atoms with Crippen LogP contribution in [0.5, 0.6) is 0 Å². The molecule has 0 saturated carbocycles. The van der Waals surface area contributed by atoms with E-state index in [2.05, 4.69) is 10.0 Å². The van der Waals surface area contributed by atoms with Gasteiger partial charge in [0.25, 0.3) is 0 Å². The molecule has 1 amide bonds. The normalized spacial score (nSPS) is 12.4. The number of nitrogens with one attached hydrogen (secondary N) is 2. The minimum absolute atomic E-state index is 0. The van der Waals surface area contributed by atoms with Crippen LogP contribution in [0.1, 0.15) is 27.2 Å². The quantitative estimate of drug-likeness (QED) is 0.702. The van der Waals surface area contributed by atoms with Crippen molar-refractivity contribution in [3.8, 4) is 0 Å². The summed E-state index contributed by atoms with van der Waals surface area (Å²) in [5, 5.41) is 2.71. The molecule has 1 aromatic carbocycles. The molecule has 22 heavy (non-hydrogen) atoms. The Morgan fingerprint density at radius 3 is 2.14 bits per heavy atom. The van der Waals surface area contributed by atoms with Gasteiger partial charge in [-0.25, -0.2) is 8.42 Å². The van der Waals surface area contributed by atoms with Gasteiger partial charge in [0.1, 0.15) is 0 Å². The molecule has 0 aliphatic carbocycles. The van der Waals surface area contributed by atoms with Gasteiger partial charge in [-0.1, -0.05) is 13.8 Å². The van der Waals surface area contributed by atoms with Crippen molar-refractivity contribution in [3.05, 3.63) is 24.3 Å². The van der Waals surface area contributed by atoms with Crippen molar-refractivity contribution in [1.82, 2.24) is 0 Å². The van der Waals surface area contributed by atoms with Gasteiger partial charge in [-0.15, -0.1) is 12.4 Å². The molecule has 8 heteroatoms. The molecule has 0 saturated heterocycles. The third-order valence-corrected chi connectivity index (χ3v) is 4.17. The number of sulfonamides is 1. The van der Waals surface area contributed by atoms with Crippen LogP contribution in [-0.4, -0.2) is 26.1 Å². The molecule has 6 nitrogen and oxygen atoms in total. The highest BCUT2D eigenvalue weighted by Gasteiger charge is 2.15. The summed E-state index contributed by atoms with van der Waals surface area (Å²) < 4.78 is 25.3. The van der Waals surface area contributed by atoms with Crippen LogP contribution in [0, 0.1) is 5.92 Å². The molecular weight excluding hydrogens is 326 g/mol. The fraction of sp³-hybridized carbons (Fsp3) is 0.500. The Labute approximate surface area is 138 Å². The molecule has 126 valence electrons. The summed E-state index contributed by atoms with van der Waals surface area (Å²) in [5.41, 5.74) is 6.84. The number of amides is 1. The average Bonchev–Trinajstić information content (AvgIpc) is 2.40. The van der Waals surface area contributed by atoms with Gasteiger partial charge in [0.2, 0.25) is 15.9 Å². The van der Waals surface area contributed by atoms with Gasteiger partial charge in [-0.3, -0.25) is 9.52 Å². The predicted molar refractivity (Wildman–Crippen MR) is 92.8 cm³/mol. The molecule has 0 spiro atoms. The number of anilines is 2. The maximum atomic E-state index is 11.9. The third kappa shape index (κ3) is 7.11. The van der Waals surface area contributed by atoms with Gasteiger partial charge in [0.05, 0.1) is 11.8 Å². The number of carbonyl (C=O) groups excluding carboxylic acids is 1. The second-order valence-electron chi connectivity index (χ2n) is 5.31. The first kappa shape index (κ1) is 20.7. The zero-order chi connectivity index (χ0) is 16.0. The molecule has 0 aromatic heterocycles. The van der Waals surface area contributed by atoms with Gasteiger partial charge < -0.3 is 11.1 Å². The first-order chi connectivity index (χ1) is 9.73. The van der Waals surface area contributed by atoms with Crippen LogP contribution in [0.25, 0.3) is 0 Å². The van der Waals surface area contributed by atoms with Crippen molar-refractivity contribution in [2.45, 2.75) is 33.2 Å². The van der Waals surface area contributed by atoms with E-state index in [1.165, 1.54) is 0 Å².